The molecule has 1 fully saturated rings. The van der Waals surface area contributed by atoms with E-state index in [1.807, 2.05) is 6.07 Å². The van der Waals surface area contributed by atoms with Crippen molar-refractivity contribution >= 4 is 11.0 Å². The van der Waals surface area contributed by atoms with Crippen LogP contribution in [0, 0.1) is 6.92 Å². The molecule has 1 aliphatic heterocycles. The first-order chi connectivity index (χ1) is 14.5. The minimum absolute atomic E-state index is 0.246. The number of nitrogens with two attached hydrogens (primary N) is 1. The second-order valence-corrected chi connectivity index (χ2v) is 9.14. The Hall–Kier alpha value is -2.43. The zero-order chi connectivity index (χ0) is 21.1. The zero-order valence-corrected chi connectivity index (χ0v) is 18.4. The highest BCUT2D eigenvalue weighted by Crippen LogP contribution is 2.26. The van der Waals surface area contributed by atoms with Crippen molar-refractivity contribution in [3.8, 4) is 0 Å². The third-order valence-electron chi connectivity index (χ3n) is 6.54. The van der Waals surface area contributed by atoms with Crippen molar-refractivity contribution in [1.29, 1.82) is 0 Å². The Morgan fingerprint density at radius 1 is 1.10 bits per heavy atom. The van der Waals surface area contributed by atoms with Crippen molar-refractivity contribution in [2.45, 2.75) is 58.7 Å². The third-order valence-corrected chi connectivity index (χ3v) is 6.54. The van der Waals surface area contributed by atoms with E-state index in [4.69, 9.17) is 4.42 Å². The van der Waals surface area contributed by atoms with Crippen LogP contribution in [0.1, 0.15) is 54.9 Å². The van der Waals surface area contributed by atoms with Crippen LogP contribution in [0.2, 0.25) is 0 Å². The van der Waals surface area contributed by atoms with Gasteiger partial charge in [-0.1, -0.05) is 44.2 Å². The molecule has 0 spiro atoms. The summed E-state index contributed by atoms with van der Waals surface area (Å²) >= 11 is 0. The number of quaternary nitrogens is 2. The van der Waals surface area contributed by atoms with Gasteiger partial charge < -0.3 is 14.6 Å². The fourth-order valence-electron chi connectivity index (χ4n) is 4.82. The summed E-state index contributed by atoms with van der Waals surface area (Å²) in [5, 5.41) is 3.52. The van der Waals surface area contributed by atoms with Crippen LogP contribution in [0.5, 0.6) is 0 Å². The highest BCUT2D eigenvalue weighted by molar-refractivity contribution is 5.82. The number of hydrogen-bond acceptors (Lipinski definition) is 2. The van der Waals surface area contributed by atoms with E-state index in [0.29, 0.717) is 12.0 Å². The first-order valence-electron chi connectivity index (χ1n) is 11.3. The lowest BCUT2D eigenvalue weighted by Crippen LogP contribution is -3.13. The monoisotopic (exact) mass is 406 g/mol. The summed E-state index contributed by atoms with van der Waals surface area (Å²) in [6.45, 7) is 10.9. The summed E-state index contributed by atoms with van der Waals surface area (Å²) in [4.78, 5) is 13.8. The fourth-order valence-corrected chi connectivity index (χ4v) is 4.82. The summed E-state index contributed by atoms with van der Waals surface area (Å²) in [6, 6.07) is 17.4. The summed E-state index contributed by atoms with van der Waals surface area (Å²) in [6.07, 6.45) is 2.44. The van der Waals surface area contributed by atoms with Gasteiger partial charge in [-0.3, -0.25) is 0 Å². The molecular formula is C26H34N2O2+2. The molecule has 1 saturated heterocycles. The maximum atomic E-state index is 12.1. The average molecular weight is 407 g/mol. The molecule has 0 aliphatic carbocycles. The first kappa shape index (κ1) is 20.8. The van der Waals surface area contributed by atoms with E-state index >= 15 is 0 Å². The van der Waals surface area contributed by atoms with Gasteiger partial charge in [0.2, 0.25) is 0 Å². The van der Waals surface area contributed by atoms with Crippen LogP contribution in [-0.2, 0) is 13.1 Å². The van der Waals surface area contributed by atoms with Crippen molar-refractivity contribution in [2.75, 3.05) is 13.1 Å². The van der Waals surface area contributed by atoms with Gasteiger partial charge in [0, 0.05) is 35.4 Å². The number of nitrogens with one attached hydrogen (secondary N) is 1. The molecule has 4 rings (SSSR count). The Labute approximate surface area is 178 Å². The molecule has 0 atom stereocenters. The summed E-state index contributed by atoms with van der Waals surface area (Å²) < 4.78 is 5.51. The second-order valence-electron chi connectivity index (χ2n) is 9.14. The van der Waals surface area contributed by atoms with Crippen LogP contribution in [0.4, 0.5) is 0 Å². The van der Waals surface area contributed by atoms with Gasteiger partial charge in [-0.05, 0) is 36.1 Å². The smallest absolute Gasteiger partial charge is 0.336 e. The molecule has 3 aromatic rings. The Bertz CT molecular complexity index is 1050. The molecule has 2 aromatic carbocycles. The second kappa shape index (κ2) is 9.15. The van der Waals surface area contributed by atoms with E-state index in [9.17, 15) is 4.79 Å². The number of likely N-dealkylation sites (tertiary alicyclic amines) is 1. The van der Waals surface area contributed by atoms with Crippen LogP contribution in [0.15, 0.2) is 57.7 Å². The fraction of sp³-hybridized carbons (Fsp3) is 0.423. The highest BCUT2D eigenvalue weighted by Gasteiger charge is 2.24. The van der Waals surface area contributed by atoms with Crippen LogP contribution in [0.25, 0.3) is 11.0 Å². The Morgan fingerprint density at radius 2 is 1.83 bits per heavy atom. The molecule has 0 saturated carbocycles. The van der Waals surface area contributed by atoms with E-state index in [0.717, 1.165) is 29.6 Å². The number of fused-ring (bicyclic) bond motifs is 1. The SMILES string of the molecule is Cc1cc2oc(=O)cc(C[NH2+]C3CC[NH+](Cc4ccccc4)CC3)c2cc1C(C)C. The van der Waals surface area contributed by atoms with Gasteiger partial charge >= 0.3 is 5.63 Å². The van der Waals surface area contributed by atoms with Crippen molar-refractivity contribution in [3.63, 3.8) is 0 Å². The van der Waals surface area contributed by atoms with E-state index in [2.05, 4.69) is 62.5 Å². The van der Waals surface area contributed by atoms with Crippen molar-refractivity contribution in [2.24, 2.45) is 0 Å². The molecule has 1 aromatic heterocycles. The number of piperidine rings is 1. The van der Waals surface area contributed by atoms with Gasteiger partial charge in [0.25, 0.3) is 0 Å². The predicted octanol–water partition coefficient (Wildman–Crippen LogP) is 2.54. The van der Waals surface area contributed by atoms with Crippen molar-refractivity contribution in [3.05, 3.63) is 81.2 Å². The molecule has 30 heavy (non-hydrogen) atoms. The van der Waals surface area contributed by atoms with E-state index < -0.39 is 0 Å². The van der Waals surface area contributed by atoms with E-state index in [1.54, 1.807) is 11.0 Å². The number of aryl methyl sites for hydroxylation is 1. The van der Waals surface area contributed by atoms with Crippen LogP contribution in [-0.4, -0.2) is 19.1 Å². The standard InChI is InChI=1S/C26H32N2O2/c1-18(2)23-15-24-21(14-26(29)30-25(24)13-19(23)3)16-27-22-9-11-28(12-10-22)17-20-7-5-4-6-8-20/h4-8,13-15,18,22,27H,9-12,16-17H2,1-3H3/p+2. The van der Waals surface area contributed by atoms with Gasteiger partial charge in [-0.15, -0.1) is 0 Å². The van der Waals surface area contributed by atoms with Crippen molar-refractivity contribution < 1.29 is 14.6 Å². The van der Waals surface area contributed by atoms with E-state index in [1.165, 1.54) is 42.6 Å². The molecule has 0 amide bonds. The predicted molar refractivity (Wildman–Crippen MR) is 121 cm³/mol. The van der Waals surface area contributed by atoms with Crippen LogP contribution in [0.3, 0.4) is 0 Å². The molecule has 3 N–H and O–H groups in total. The van der Waals surface area contributed by atoms with Crippen LogP contribution < -0.4 is 15.8 Å². The summed E-state index contributed by atoms with van der Waals surface area (Å²) in [7, 11) is 0. The Balaban J connectivity index is 1.41. The Kier molecular flexibility index (Phi) is 6.35. The minimum atomic E-state index is -0.246. The molecule has 4 heteroatoms. The summed E-state index contributed by atoms with van der Waals surface area (Å²) in [5.41, 5.74) is 5.52. The lowest BCUT2D eigenvalue weighted by Gasteiger charge is -2.28. The molecular weight excluding hydrogens is 372 g/mol. The highest BCUT2D eigenvalue weighted by atomic mass is 16.4. The van der Waals surface area contributed by atoms with Crippen molar-refractivity contribution in [1.82, 2.24) is 0 Å². The van der Waals surface area contributed by atoms with Gasteiger partial charge in [0.1, 0.15) is 18.7 Å². The largest absolute Gasteiger partial charge is 0.423 e. The van der Waals surface area contributed by atoms with Gasteiger partial charge in [-0.25, -0.2) is 4.79 Å². The van der Waals surface area contributed by atoms with Gasteiger partial charge in [0.05, 0.1) is 19.1 Å². The molecule has 4 nitrogen and oxygen atoms in total. The normalized spacial score (nSPS) is 19.5. The zero-order valence-electron chi connectivity index (χ0n) is 18.4. The maximum absolute atomic E-state index is 12.1. The molecule has 0 bridgehead atoms. The third kappa shape index (κ3) is 4.82. The average Bonchev–Trinajstić information content (AvgIpc) is 2.73. The summed E-state index contributed by atoms with van der Waals surface area (Å²) in [5.74, 6) is 0.454. The molecule has 0 radical (unpaired) electrons. The minimum Gasteiger partial charge on any atom is -0.423 e. The van der Waals surface area contributed by atoms with Crippen LogP contribution >= 0.6 is 0 Å². The lowest BCUT2D eigenvalue weighted by atomic mass is 9.94. The molecule has 158 valence electrons. The van der Waals surface area contributed by atoms with Gasteiger partial charge in [0.15, 0.2) is 0 Å². The first-order valence-corrected chi connectivity index (χ1v) is 11.3. The molecule has 1 aliphatic rings. The number of hydrogen-bond donors (Lipinski definition) is 2. The quantitative estimate of drug-likeness (QED) is 0.618. The number of benzene rings is 2. The molecule has 0 unspecified atom stereocenters. The topological polar surface area (TPSA) is 51.3 Å². The van der Waals surface area contributed by atoms with Gasteiger partial charge in [-0.2, -0.15) is 0 Å². The Morgan fingerprint density at radius 3 is 2.53 bits per heavy atom. The van der Waals surface area contributed by atoms with E-state index in [-0.39, 0.29) is 5.63 Å². The maximum Gasteiger partial charge on any atom is 0.336 e. The number of rotatable bonds is 6. The molecule has 2 heterocycles. The lowest BCUT2D eigenvalue weighted by molar-refractivity contribution is -0.926.